The van der Waals surface area contributed by atoms with Crippen LogP contribution in [0.15, 0.2) is 29.8 Å². The van der Waals surface area contributed by atoms with Crippen molar-refractivity contribution >= 4 is 23.2 Å². The van der Waals surface area contributed by atoms with E-state index >= 15 is 0 Å². The molecule has 1 aromatic heterocycles. The SMILES string of the molecule is Cc1ncsc1-c1ccc(CNC(=O)[C@@H]2C[C@H](O)CN2C(=O)[C@H](N)C(C)(C)C)cc1. The van der Waals surface area contributed by atoms with Crippen molar-refractivity contribution in [3.05, 3.63) is 41.0 Å². The Labute approximate surface area is 181 Å². The van der Waals surface area contributed by atoms with Crippen molar-refractivity contribution in [2.45, 2.75) is 58.8 Å². The molecule has 0 unspecified atom stereocenters. The van der Waals surface area contributed by atoms with Crippen LogP contribution in [0.2, 0.25) is 0 Å². The lowest BCUT2D eigenvalue weighted by Crippen LogP contribution is -2.54. The van der Waals surface area contributed by atoms with Crippen LogP contribution in [-0.2, 0) is 16.1 Å². The average molecular weight is 431 g/mol. The number of aliphatic hydroxyl groups excluding tert-OH is 1. The number of amides is 2. The van der Waals surface area contributed by atoms with Gasteiger partial charge in [0.05, 0.1) is 28.2 Å². The zero-order valence-corrected chi connectivity index (χ0v) is 18.7. The van der Waals surface area contributed by atoms with Gasteiger partial charge in [-0.1, -0.05) is 45.0 Å². The number of nitrogens with zero attached hydrogens (tertiary/aromatic N) is 2. The highest BCUT2D eigenvalue weighted by molar-refractivity contribution is 7.13. The third kappa shape index (κ3) is 4.88. The van der Waals surface area contributed by atoms with Gasteiger partial charge in [-0.2, -0.15) is 0 Å². The molecule has 162 valence electrons. The van der Waals surface area contributed by atoms with Gasteiger partial charge >= 0.3 is 0 Å². The number of hydrogen-bond donors (Lipinski definition) is 3. The molecule has 1 saturated heterocycles. The number of aliphatic hydroxyl groups is 1. The largest absolute Gasteiger partial charge is 0.391 e. The normalized spacial score (nSPS) is 20.3. The summed E-state index contributed by atoms with van der Waals surface area (Å²) < 4.78 is 0. The van der Waals surface area contributed by atoms with Gasteiger partial charge in [0.2, 0.25) is 11.8 Å². The first kappa shape index (κ1) is 22.4. The summed E-state index contributed by atoms with van der Waals surface area (Å²) in [6.07, 6.45) is -0.503. The molecule has 7 nitrogen and oxygen atoms in total. The lowest BCUT2D eigenvalue weighted by molar-refractivity contribution is -0.141. The molecule has 0 radical (unpaired) electrons. The number of nitrogens with two attached hydrogens (primary N) is 1. The molecule has 30 heavy (non-hydrogen) atoms. The van der Waals surface area contributed by atoms with Crippen molar-refractivity contribution in [3.8, 4) is 10.4 Å². The van der Waals surface area contributed by atoms with E-state index in [2.05, 4.69) is 10.3 Å². The molecule has 2 amide bonds. The Kier molecular flexibility index (Phi) is 6.59. The van der Waals surface area contributed by atoms with Crippen molar-refractivity contribution in [3.63, 3.8) is 0 Å². The summed E-state index contributed by atoms with van der Waals surface area (Å²) in [5, 5.41) is 13.0. The van der Waals surface area contributed by atoms with E-state index in [1.165, 1.54) is 4.90 Å². The Hall–Kier alpha value is -2.29. The number of aryl methyl sites for hydroxylation is 1. The number of nitrogens with one attached hydrogen (secondary N) is 1. The maximum absolute atomic E-state index is 12.8. The minimum Gasteiger partial charge on any atom is -0.391 e. The number of benzene rings is 1. The molecule has 1 fully saturated rings. The highest BCUT2D eigenvalue weighted by atomic mass is 32.1. The van der Waals surface area contributed by atoms with Gasteiger partial charge in [0.15, 0.2) is 0 Å². The van der Waals surface area contributed by atoms with Gasteiger partial charge < -0.3 is 21.1 Å². The number of carbonyl (C=O) groups is 2. The van der Waals surface area contributed by atoms with Crippen molar-refractivity contribution < 1.29 is 14.7 Å². The van der Waals surface area contributed by atoms with Gasteiger partial charge in [0.1, 0.15) is 6.04 Å². The fourth-order valence-corrected chi connectivity index (χ4v) is 4.33. The number of rotatable bonds is 5. The zero-order valence-electron chi connectivity index (χ0n) is 17.9. The average Bonchev–Trinajstić information content (AvgIpc) is 3.30. The fourth-order valence-electron chi connectivity index (χ4n) is 3.51. The summed E-state index contributed by atoms with van der Waals surface area (Å²) in [6.45, 7) is 8.11. The first-order valence-corrected chi connectivity index (χ1v) is 11.0. The van der Waals surface area contributed by atoms with Crippen LogP contribution >= 0.6 is 11.3 Å². The Balaban J connectivity index is 1.63. The monoisotopic (exact) mass is 430 g/mol. The fraction of sp³-hybridized carbons (Fsp3) is 0.500. The minimum atomic E-state index is -0.735. The number of hydrogen-bond acceptors (Lipinski definition) is 6. The number of carbonyl (C=O) groups excluding carboxylic acids is 2. The van der Waals surface area contributed by atoms with Gasteiger partial charge in [-0.15, -0.1) is 11.3 Å². The Morgan fingerprint density at radius 1 is 1.33 bits per heavy atom. The Bertz CT molecular complexity index is 904. The van der Waals surface area contributed by atoms with E-state index in [-0.39, 0.29) is 24.8 Å². The van der Waals surface area contributed by atoms with Crippen LogP contribution in [0.25, 0.3) is 10.4 Å². The molecule has 2 heterocycles. The Morgan fingerprint density at radius 3 is 2.57 bits per heavy atom. The van der Waals surface area contributed by atoms with Crippen molar-refractivity contribution in [2.75, 3.05) is 6.54 Å². The summed E-state index contributed by atoms with van der Waals surface area (Å²) >= 11 is 1.60. The molecule has 3 atom stereocenters. The third-order valence-corrected chi connectivity index (χ3v) is 6.47. The highest BCUT2D eigenvalue weighted by Gasteiger charge is 2.42. The third-order valence-electron chi connectivity index (χ3n) is 5.49. The van der Waals surface area contributed by atoms with Crippen molar-refractivity contribution in [1.29, 1.82) is 0 Å². The predicted molar refractivity (Wildman–Crippen MR) is 118 cm³/mol. The molecule has 8 heteroatoms. The lowest BCUT2D eigenvalue weighted by Gasteiger charge is -2.32. The molecule has 0 spiro atoms. The van der Waals surface area contributed by atoms with Crippen molar-refractivity contribution in [2.24, 2.45) is 11.1 Å². The molecule has 1 aromatic carbocycles. The second-order valence-electron chi connectivity index (χ2n) is 8.92. The molecule has 4 N–H and O–H groups in total. The smallest absolute Gasteiger partial charge is 0.243 e. The predicted octanol–water partition coefficient (Wildman–Crippen LogP) is 2.07. The molecular weight excluding hydrogens is 400 g/mol. The number of β-amino-alcohol motifs (C(OH)–C–C–N with tert-alkyl or cyclic N) is 1. The quantitative estimate of drug-likeness (QED) is 0.673. The minimum absolute atomic E-state index is 0.129. The summed E-state index contributed by atoms with van der Waals surface area (Å²) in [4.78, 5) is 32.4. The molecule has 0 aliphatic carbocycles. The molecule has 3 rings (SSSR count). The zero-order chi connectivity index (χ0) is 22.1. The molecular formula is C22H30N4O3S. The van der Waals surface area contributed by atoms with Crippen LogP contribution in [0.1, 0.15) is 38.4 Å². The number of thiazole rings is 1. The standard InChI is InChI=1S/C22H30N4O3S/c1-13-18(30-12-25-13)15-7-5-14(6-8-15)10-24-20(28)17-9-16(27)11-26(17)21(29)19(23)22(2,3)4/h5-8,12,16-17,19,27H,9-11,23H2,1-4H3,(H,24,28)/t16-,17-,19-/m0/s1. The number of aromatic nitrogens is 1. The van der Waals surface area contributed by atoms with Crippen LogP contribution < -0.4 is 11.1 Å². The molecule has 0 saturated carbocycles. The van der Waals surface area contributed by atoms with Gasteiger partial charge in [0, 0.05) is 19.5 Å². The van der Waals surface area contributed by atoms with Crippen LogP contribution in [0.5, 0.6) is 0 Å². The van der Waals surface area contributed by atoms with E-state index in [1.54, 1.807) is 11.3 Å². The van der Waals surface area contributed by atoms with Gasteiger partial charge in [-0.25, -0.2) is 4.98 Å². The molecule has 1 aliphatic rings. The summed E-state index contributed by atoms with van der Waals surface area (Å²) in [5.41, 5.74) is 10.6. The van der Waals surface area contributed by atoms with Crippen LogP contribution in [0.3, 0.4) is 0 Å². The second-order valence-corrected chi connectivity index (χ2v) is 9.78. The first-order valence-electron chi connectivity index (χ1n) is 10.1. The maximum atomic E-state index is 12.8. The van der Waals surface area contributed by atoms with E-state index < -0.39 is 23.6 Å². The summed E-state index contributed by atoms with van der Waals surface area (Å²) in [5.74, 6) is -0.577. The van der Waals surface area contributed by atoms with Gasteiger partial charge in [0.25, 0.3) is 0 Å². The second kappa shape index (κ2) is 8.83. The van der Waals surface area contributed by atoms with Gasteiger partial charge in [-0.3, -0.25) is 9.59 Å². The van der Waals surface area contributed by atoms with Gasteiger partial charge in [-0.05, 0) is 23.5 Å². The van der Waals surface area contributed by atoms with E-state index in [4.69, 9.17) is 5.73 Å². The molecule has 1 aliphatic heterocycles. The van der Waals surface area contributed by atoms with E-state index in [9.17, 15) is 14.7 Å². The van der Waals surface area contributed by atoms with Crippen LogP contribution in [0, 0.1) is 12.3 Å². The van der Waals surface area contributed by atoms with Crippen LogP contribution in [0.4, 0.5) is 0 Å². The molecule has 2 aromatic rings. The first-order chi connectivity index (χ1) is 14.1. The number of likely N-dealkylation sites (tertiary alicyclic amines) is 1. The van der Waals surface area contributed by atoms with E-state index in [0.29, 0.717) is 6.54 Å². The van der Waals surface area contributed by atoms with E-state index in [0.717, 1.165) is 21.7 Å². The highest BCUT2D eigenvalue weighted by Crippen LogP contribution is 2.27. The van der Waals surface area contributed by atoms with Crippen LogP contribution in [-0.4, -0.2) is 51.5 Å². The lowest BCUT2D eigenvalue weighted by atomic mass is 9.86. The summed E-state index contributed by atoms with van der Waals surface area (Å²) in [7, 11) is 0. The Morgan fingerprint density at radius 2 is 2.00 bits per heavy atom. The maximum Gasteiger partial charge on any atom is 0.243 e. The molecule has 0 bridgehead atoms. The summed E-state index contributed by atoms with van der Waals surface area (Å²) in [6, 6.07) is 6.52. The topological polar surface area (TPSA) is 109 Å². The van der Waals surface area contributed by atoms with Crippen molar-refractivity contribution in [1.82, 2.24) is 15.2 Å². The van der Waals surface area contributed by atoms with E-state index in [1.807, 2.05) is 57.5 Å².